The Balaban J connectivity index is 1.91. The second kappa shape index (κ2) is 5.51. The number of likely N-dealkylation sites (tertiary alicyclic amines) is 1. The predicted octanol–water partition coefficient (Wildman–Crippen LogP) is 2.93. The summed E-state index contributed by atoms with van der Waals surface area (Å²) < 4.78 is 0. The molecule has 3 nitrogen and oxygen atoms in total. The zero-order chi connectivity index (χ0) is 14.0. The van der Waals surface area contributed by atoms with Crippen molar-refractivity contribution >= 4 is 10.8 Å². The summed E-state index contributed by atoms with van der Waals surface area (Å²) in [7, 11) is 0. The molecule has 2 heterocycles. The van der Waals surface area contributed by atoms with Gasteiger partial charge in [-0.25, -0.2) is 0 Å². The van der Waals surface area contributed by atoms with Gasteiger partial charge in [0.2, 0.25) is 0 Å². The van der Waals surface area contributed by atoms with Gasteiger partial charge in [0.25, 0.3) is 0 Å². The molecule has 1 saturated heterocycles. The van der Waals surface area contributed by atoms with Gasteiger partial charge in [-0.15, -0.1) is 0 Å². The fraction of sp³-hybridized carbons (Fsp3) is 0.471. The van der Waals surface area contributed by atoms with Crippen molar-refractivity contribution in [1.29, 1.82) is 0 Å². The maximum absolute atomic E-state index is 11.1. The van der Waals surface area contributed by atoms with Gasteiger partial charge in [-0.2, -0.15) is 0 Å². The topological polar surface area (TPSA) is 36.4 Å². The molecule has 2 aromatic rings. The maximum Gasteiger partial charge on any atom is 0.0926 e. The molecule has 0 saturated carbocycles. The lowest BCUT2D eigenvalue weighted by atomic mass is 9.82. The van der Waals surface area contributed by atoms with Crippen LogP contribution in [0.2, 0.25) is 0 Å². The van der Waals surface area contributed by atoms with Crippen LogP contribution in [0.25, 0.3) is 10.8 Å². The van der Waals surface area contributed by atoms with Crippen molar-refractivity contribution in [2.24, 2.45) is 0 Å². The lowest BCUT2D eigenvalue weighted by molar-refractivity contribution is -0.0245. The minimum Gasteiger partial charge on any atom is -0.385 e. The van der Waals surface area contributed by atoms with Crippen LogP contribution in [-0.2, 0) is 5.60 Å². The Morgan fingerprint density at radius 2 is 2.05 bits per heavy atom. The number of aliphatic hydroxyl groups is 1. The second-order valence-electron chi connectivity index (χ2n) is 5.78. The van der Waals surface area contributed by atoms with Crippen molar-refractivity contribution in [3.8, 4) is 0 Å². The highest BCUT2D eigenvalue weighted by Crippen LogP contribution is 2.36. The molecule has 106 valence electrons. The Morgan fingerprint density at radius 3 is 2.80 bits per heavy atom. The first kappa shape index (κ1) is 13.5. The van der Waals surface area contributed by atoms with E-state index in [1.54, 1.807) is 6.20 Å². The van der Waals surface area contributed by atoms with Crippen molar-refractivity contribution in [1.82, 2.24) is 9.88 Å². The van der Waals surface area contributed by atoms with Crippen LogP contribution < -0.4 is 0 Å². The predicted molar refractivity (Wildman–Crippen MR) is 81.6 cm³/mol. The number of piperidine rings is 1. The van der Waals surface area contributed by atoms with Gasteiger partial charge in [0, 0.05) is 30.9 Å². The molecule has 0 amide bonds. The molecule has 1 aliphatic heterocycles. The van der Waals surface area contributed by atoms with E-state index in [1.165, 1.54) is 6.42 Å². The van der Waals surface area contributed by atoms with E-state index in [0.29, 0.717) is 0 Å². The molecule has 3 heteroatoms. The van der Waals surface area contributed by atoms with E-state index in [-0.39, 0.29) is 0 Å². The Bertz CT molecular complexity index is 583. The van der Waals surface area contributed by atoms with E-state index in [2.05, 4.69) is 28.9 Å². The first-order chi connectivity index (χ1) is 9.73. The van der Waals surface area contributed by atoms with Crippen LogP contribution >= 0.6 is 0 Å². The van der Waals surface area contributed by atoms with Crippen LogP contribution in [0.15, 0.2) is 36.7 Å². The molecule has 0 unspecified atom stereocenters. The summed E-state index contributed by atoms with van der Waals surface area (Å²) in [6, 6.07) is 8.16. The number of hydrogen-bond acceptors (Lipinski definition) is 3. The average molecular weight is 270 g/mol. The van der Waals surface area contributed by atoms with Crippen molar-refractivity contribution in [3.05, 3.63) is 42.2 Å². The zero-order valence-corrected chi connectivity index (χ0v) is 12.0. The number of benzene rings is 1. The van der Waals surface area contributed by atoms with Crippen molar-refractivity contribution in [2.75, 3.05) is 19.6 Å². The molecule has 0 spiro atoms. The second-order valence-corrected chi connectivity index (χ2v) is 5.78. The zero-order valence-electron chi connectivity index (χ0n) is 12.0. The van der Waals surface area contributed by atoms with Gasteiger partial charge in [-0.3, -0.25) is 4.98 Å². The fourth-order valence-electron chi connectivity index (χ4n) is 3.26. The van der Waals surface area contributed by atoms with E-state index < -0.39 is 5.60 Å². The van der Waals surface area contributed by atoms with Crippen LogP contribution in [-0.4, -0.2) is 34.6 Å². The average Bonchev–Trinajstić information content (AvgIpc) is 2.49. The Kier molecular flexibility index (Phi) is 3.72. The van der Waals surface area contributed by atoms with Gasteiger partial charge in [-0.1, -0.05) is 25.1 Å². The number of fused-ring (bicyclic) bond motifs is 1. The normalized spacial score (nSPS) is 19.3. The molecule has 0 aliphatic carbocycles. The molecule has 1 aromatic carbocycles. The van der Waals surface area contributed by atoms with E-state index in [0.717, 1.165) is 48.8 Å². The first-order valence-electron chi connectivity index (χ1n) is 7.51. The highest BCUT2D eigenvalue weighted by Gasteiger charge is 2.34. The standard InChI is InChI=1S/C17H22N2O/c1-2-10-19-11-7-17(20,8-12-19)16-5-3-4-14-13-18-9-6-15(14)16/h3-6,9,13,20H,2,7-8,10-12H2,1H3. The SMILES string of the molecule is CCCN1CCC(O)(c2cccc3cnccc23)CC1. The third kappa shape index (κ3) is 2.43. The van der Waals surface area contributed by atoms with Gasteiger partial charge < -0.3 is 10.0 Å². The van der Waals surface area contributed by atoms with Gasteiger partial charge in [0.1, 0.15) is 0 Å². The highest BCUT2D eigenvalue weighted by molar-refractivity contribution is 5.85. The highest BCUT2D eigenvalue weighted by atomic mass is 16.3. The number of aromatic nitrogens is 1. The minimum absolute atomic E-state index is 0.689. The monoisotopic (exact) mass is 270 g/mol. The van der Waals surface area contributed by atoms with Crippen molar-refractivity contribution in [2.45, 2.75) is 31.8 Å². The number of pyridine rings is 1. The summed E-state index contributed by atoms with van der Waals surface area (Å²) in [4.78, 5) is 6.61. The lowest BCUT2D eigenvalue weighted by Crippen LogP contribution is -2.42. The van der Waals surface area contributed by atoms with Gasteiger partial charge in [0.05, 0.1) is 5.60 Å². The Hall–Kier alpha value is -1.45. The molecule has 1 aliphatic rings. The Morgan fingerprint density at radius 1 is 1.25 bits per heavy atom. The van der Waals surface area contributed by atoms with E-state index in [4.69, 9.17) is 0 Å². The first-order valence-corrected chi connectivity index (χ1v) is 7.51. The van der Waals surface area contributed by atoms with Gasteiger partial charge in [0.15, 0.2) is 0 Å². The fourth-order valence-corrected chi connectivity index (χ4v) is 3.26. The molecule has 0 bridgehead atoms. The molecule has 1 N–H and O–H groups in total. The Labute approximate surface area is 120 Å². The number of hydrogen-bond donors (Lipinski definition) is 1. The summed E-state index contributed by atoms with van der Waals surface area (Å²) in [5, 5.41) is 13.3. The molecular formula is C17H22N2O. The van der Waals surface area contributed by atoms with E-state index in [9.17, 15) is 5.11 Å². The van der Waals surface area contributed by atoms with Crippen LogP contribution in [0.5, 0.6) is 0 Å². The smallest absolute Gasteiger partial charge is 0.0926 e. The summed E-state index contributed by atoms with van der Waals surface area (Å²) in [5.41, 5.74) is 0.374. The molecular weight excluding hydrogens is 248 g/mol. The summed E-state index contributed by atoms with van der Waals surface area (Å²) in [6.07, 6.45) is 6.48. The largest absolute Gasteiger partial charge is 0.385 e. The maximum atomic E-state index is 11.1. The van der Waals surface area contributed by atoms with Crippen LogP contribution in [0.1, 0.15) is 31.7 Å². The van der Waals surface area contributed by atoms with Crippen LogP contribution in [0.4, 0.5) is 0 Å². The van der Waals surface area contributed by atoms with Gasteiger partial charge in [-0.05, 0) is 42.8 Å². The third-order valence-corrected chi connectivity index (χ3v) is 4.41. The van der Waals surface area contributed by atoms with E-state index in [1.807, 2.05) is 18.3 Å². The number of rotatable bonds is 3. The quantitative estimate of drug-likeness (QED) is 0.931. The molecule has 3 rings (SSSR count). The van der Waals surface area contributed by atoms with Crippen molar-refractivity contribution in [3.63, 3.8) is 0 Å². The van der Waals surface area contributed by atoms with Crippen LogP contribution in [0.3, 0.4) is 0 Å². The molecule has 1 fully saturated rings. The minimum atomic E-state index is -0.689. The number of nitrogens with zero attached hydrogens (tertiary/aromatic N) is 2. The van der Waals surface area contributed by atoms with E-state index >= 15 is 0 Å². The molecule has 0 radical (unpaired) electrons. The lowest BCUT2D eigenvalue weighted by Gasteiger charge is -2.39. The third-order valence-electron chi connectivity index (χ3n) is 4.41. The van der Waals surface area contributed by atoms with Gasteiger partial charge >= 0.3 is 0 Å². The molecule has 20 heavy (non-hydrogen) atoms. The van der Waals surface area contributed by atoms with Crippen LogP contribution in [0, 0.1) is 0 Å². The summed E-state index contributed by atoms with van der Waals surface area (Å²) in [5.74, 6) is 0. The summed E-state index contributed by atoms with van der Waals surface area (Å²) in [6.45, 7) is 5.30. The summed E-state index contributed by atoms with van der Waals surface area (Å²) >= 11 is 0. The molecule has 1 aromatic heterocycles. The molecule has 0 atom stereocenters. The van der Waals surface area contributed by atoms with Crippen molar-refractivity contribution < 1.29 is 5.11 Å².